The fourth-order valence-electron chi connectivity index (χ4n) is 2.80. The van der Waals surface area contributed by atoms with E-state index in [4.69, 9.17) is 4.84 Å². The summed E-state index contributed by atoms with van der Waals surface area (Å²) in [5, 5.41) is 21.2. The van der Waals surface area contributed by atoms with E-state index in [0.29, 0.717) is 28.8 Å². The molecule has 8 heteroatoms. The van der Waals surface area contributed by atoms with Crippen molar-refractivity contribution in [2.75, 3.05) is 6.61 Å². The summed E-state index contributed by atoms with van der Waals surface area (Å²) in [7, 11) is 0. The zero-order valence-electron chi connectivity index (χ0n) is 15.2. The SMILES string of the molecule is CCCONC(=Cn1cc(C(=O)O)c2ccccc21)c1cccc([N+](=O)[O-])c1. The van der Waals surface area contributed by atoms with Crippen LogP contribution in [-0.2, 0) is 4.84 Å². The molecule has 2 aromatic carbocycles. The van der Waals surface area contributed by atoms with E-state index in [2.05, 4.69) is 5.48 Å². The van der Waals surface area contributed by atoms with Crippen LogP contribution in [0.1, 0.15) is 29.3 Å². The van der Waals surface area contributed by atoms with Crippen molar-refractivity contribution >= 4 is 34.5 Å². The lowest BCUT2D eigenvalue weighted by Crippen LogP contribution is -2.14. The Morgan fingerprint density at radius 1 is 1.29 bits per heavy atom. The molecule has 144 valence electrons. The first-order valence-electron chi connectivity index (χ1n) is 8.68. The Bertz CT molecular complexity index is 1050. The number of aromatic carboxylic acids is 1. The van der Waals surface area contributed by atoms with Crippen LogP contribution in [0, 0.1) is 10.1 Å². The van der Waals surface area contributed by atoms with Crippen molar-refractivity contribution in [3.63, 3.8) is 0 Å². The summed E-state index contributed by atoms with van der Waals surface area (Å²) in [4.78, 5) is 27.6. The highest BCUT2D eigenvalue weighted by atomic mass is 16.6. The molecule has 0 bridgehead atoms. The Labute approximate surface area is 160 Å². The maximum atomic E-state index is 11.6. The van der Waals surface area contributed by atoms with Crippen molar-refractivity contribution < 1.29 is 19.7 Å². The highest BCUT2D eigenvalue weighted by Crippen LogP contribution is 2.25. The van der Waals surface area contributed by atoms with Crippen molar-refractivity contribution in [2.45, 2.75) is 13.3 Å². The first kappa shape index (κ1) is 19.1. The molecule has 8 nitrogen and oxygen atoms in total. The maximum absolute atomic E-state index is 11.6. The van der Waals surface area contributed by atoms with Crippen LogP contribution in [0.25, 0.3) is 22.8 Å². The quantitative estimate of drug-likeness (QED) is 0.345. The van der Waals surface area contributed by atoms with Gasteiger partial charge in [-0.1, -0.05) is 37.3 Å². The lowest BCUT2D eigenvalue weighted by molar-refractivity contribution is -0.384. The van der Waals surface area contributed by atoms with Crippen molar-refractivity contribution in [2.24, 2.45) is 0 Å². The van der Waals surface area contributed by atoms with E-state index in [1.54, 1.807) is 41.1 Å². The minimum absolute atomic E-state index is 0.0516. The molecule has 0 aliphatic carbocycles. The molecule has 28 heavy (non-hydrogen) atoms. The smallest absolute Gasteiger partial charge is 0.337 e. The lowest BCUT2D eigenvalue weighted by atomic mass is 10.1. The molecule has 1 heterocycles. The average Bonchev–Trinajstić information content (AvgIpc) is 3.06. The molecular formula is C20H19N3O5. The molecule has 0 aliphatic rings. The zero-order chi connectivity index (χ0) is 20.1. The summed E-state index contributed by atoms with van der Waals surface area (Å²) in [5.41, 5.74) is 4.64. The number of hydrogen-bond acceptors (Lipinski definition) is 5. The third-order valence-corrected chi connectivity index (χ3v) is 4.10. The topological polar surface area (TPSA) is 107 Å². The summed E-state index contributed by atoms with van der Waals surface area (Å²) in [6, 6.07) is 13.2. The van der Waals surface area contributed by atoms with Crippen LogP contribution in [0.15, 0.2) is 54.7 Å². The van der Waals surface area contributed by atoms with Gasteiger partial charge in [0.05, 0.1) is 28.3 Å². The number of nitrogens with one attached hydrogen (secondary N) is 1. The molecular weight excluding hydrogens is 362 g/mol. The predicted molar refractivity (Wildman–Crippen MR) is 106 cm³/mol. The number of non-ortho nitro benzene ring substituents is 1. The van der Waals surface area contributed by atoms with Gasteiger partial charge in [0.1, 0.15) is 0 Å². The molecule has 0 amide bonds. The summed E-state index contributed by atoms with van der Waals surface area (Å²) < 4.78 is 1.66. The van der Waals surface area contributed by atoms with Crippen molar-refractivity contribution in [3.8, 4) is 0 Å². The van der Waals surface area contributed by atoms with Gasteiger partial charge in [0, 0.05) is 35.5 Å². The minimum atomic E-state index is -1.03. The Hall–Kier alpha value is -3.65. The van der Waals surface area contributed by atoms with E-state index in [0.717, 1.165) is 6.42 Å². The van der Waals surface area contributed by atoms with Gasteiger partial charge in [-0.2, -0.15) is 0 Å². The number of nitro groups is 1. The van der Waals surface area contributed by atoms with E-state index in [1.165, 1.54) is 18.3 Å². The van der Waals surface area contributed by atoms with E-state index < -0.39 is 10.9 Å². The predicted octanol–water partition coefficient (Wildman–Crippen LogP) is 4.13. The van der Waals surface area contributed by atoms with Crippen LogP contribution in [0.3, 0.4) is 0 Å². The normalized spacial score (nSPS) is 11.5. The fraction of sp³-hybridized carbons (Fsp3) is 0.150. The number of nitro benzene ring substituents is 1. The number of benzene rings is 2. The molecule has 0 unspecified atom stereocenters. The summed E-state index contributed by atoms with van der Waals surface area (Å²) in [6.07, 6.45) is 3.94. The summed E-state index contributed by atoms with van der Waals surface area (Å²) >= 11 is 0. The molecule has 3 rings (SSSR count). The molecule has 0 spiro atoms. The van der Waals surface area contributed by atoms with Crippen LogP contribution in [0.5, 0.6) is 0 Å². The highest BCUT2D eigenvalue weighted by molar-refractivity contribution is 6.04. The van der Waals surface area contributed by atoms with E-state index >= 15 is 0 Å². The summed E-state index contributed by atoms with van der Waals surface area (Å²) in [6.45, 7) is 2.40. The standard InChI is InChI=1S/C20H19N3O5/c1-2-10-28-21-18(14-6-5-7-15(11-14)23(26)27)13-22-12-17(20(24)25)16-8-3-4-9-19(16)22/h3-9,11-13,21H,2,10H2,1H3,(H,24,25). The molecule has 0 atom stereocenters. The number of carboxylic acids is 1. The van der Waals surface area contributed by atoms with E-state index in [-0.39, 0.29) is 11.3 Å². The molecule has 0 saturated carbocycles. The first-order chi connectivity index (χ1) is 13.5. The molecule has 0 fully saturated rings. The minimum Gasteiger partial charge on any atom is -0.478 e. The van der Waals surface area contributed by atoms with E-state index in [9.17, 15) is 20.0 Å². The number of fused-ring (bicyclic) bond motifs is 1. The van der Waals surface area contributed by atoms with Gasteiger partial charge in [-0.25, -0.2) is 4.79 Å². The molecule has 1 aromatic heterocycles. The van der Waals surface area contributed by atoms with Crippen molar-refractivity contribution in [1.82, 2.24) is 10.0 Å². The molecule has 3 aromatic rings. The first-order valence-corrected chi connectivity index (χ1v) is 8.68. The van der Waals surface area contributed by atoms with Crippen molar-refractivity contribution in [1.29, 1.82) is 0 Å². The van der Waals surface area contributed by atoms with Gasteiger partial charge >= 0.3 is 5.97 Å². The van der Waals surface area contributed by atoms with Crippen LogP contribution < -0.4 is 5.48 Å². The van der Waals surface area contributed by atoms with Crippen LogP contribution >= 0.6 is 0 Å². The number of para-hydroxylation sites is 1. The third kappa shape index (κ3) is 4.02. The molecule has 0 radical (unpaired) electrons. The second kappa shape index (κ2) is 8.36. The molecule has 2 N–H and O–H groups in total. The van der Waals surface area contributed by atoms with Gasteiger partial charge in [-0.15, -0.1) is 0 Å². The number of carbonyl (C=O) groups is 1. The van der Waals surface area contributed by atoms with Gasteiger partial charge in [0.25, 0.3) is 5.69 Å². The second-order valence-electron chi connectivity index (χ2n) is 6.07. The van der Waals surface area contributed by atoms with Crippen LogP contribution in [0.2, 0.25) is 0 Å². The average molecular weight is 381 g/mol. The lowest BCUT2D eigenvalue weighted by Gasteiger charge is -2.12. The Morgan fingerprint density at radius 3 is 2.79 bits per heavy atom. The summed E-state index contributed by atoms with van der Waals surface area (Å²) in [5.74, 6) is -1.03. The number of hydrogen-bond donors (Lipinski definition) is 2. The third-order valence-electron chi connectivity index (χ3n) is 4.10. The van der Waals surface area contributed by atoms with Crippen molar-refractivity contribution in [3.05, 3.63) is 76.0 Å². The Kier molecular flexibility index (Phi) is 5.71. The largest absolute Gasteiger partial charge is 0.478 e. The zero-order valence-corrected chi connectivity index (χ0v) is 15.2. The number of rotatable bonds is 8. The van der Waals surface area contributed by atoms with Gasteiger partial charge in [0.2, 0.25) is 0 Å². The Balaban J connectivity index is 2.12. The number of carboxylic acid groups (broad SMARTS) is 1. The van der Waals surface area contributed by atoms with Crippen LogP contribution in [0.4, 0.5) is 5.69 Å². The van der Waals surface area contributed by atoms with Gasteiger partial charge in [-0.05, 0) is 12.5 Å². The Morgan fingerprint density at radius 2 is 2.07 bits per heavy atom. The maximum Gasteiger partial charge on any atom is 0.337 e. The number of aromatic nitrogens is 1. The van der Waals surface area contributed by atoms with Gasteiger partial charge < -0.3 is 9.67 Å². The number of hydroxylamine groups is 1. The number of nitrogens with zero attached hydrogens (tertiary/aromatic N) is 2. The molecule has 0 aliphatic heterocycles. The fourth-order valence-corrected chi connectivity index (χ4v) is 2.80. The van der Waals surface area contributed by atoms with Crippen LogP contribution in [-0.4, -0.2) is 27.2 Å². The van der Waals surface area contributed by atoms with E-state index in [1.807, 2.05) is 13.0 Å². The van der Waals surface area contributed by atoms with Gasteiger partial charge in [0.15, 0.2) is 0 Å². The molecule has 0 saturated heterocycles. The highest BCUT2D eigenvalue weighted by Gasteiger charge is 2.14. The monoisotopic (exact) mass is 381 g/mol. The second-order valence-corrected chi connectivity index (χ2v) is 6.07. The van der Waals surface area contributed by atoms with Gasteiger partial charge in [-0.3, -0.25) is 20.4 Å².